The van der Waals surface area contributed by atoms with Crippen molar-refractivity contribution in [1.29, 1.82) is 0 Å². The molecular weight excluding hydrogens is 320 g/mol. The third-order valence-electron chi connectivity index (χ3n) is 5.30. The van der Waals surface area contributed by atoms with Gasteiger partial charge in [0.1, 0.15) is 0 Å². The molecule has 2 aliphatic rings. The Labute approximate surface area is 145 Å². The molecule has 1 aromatic carbocycles. The molecule has 126 valence electrons. The Morgan fingerprint density at radius 3 is 2.83 bits per heavy atom. The molecule has 1 aromatic heterocycles. The fourth-order valence-corrected chi connectivity index (χ4v) is 5.37. The summed E-state index contributed by atoms with van der Waals surface area (Å²) >= 11 is 1.67. The van der Waals surface area contributed by atoms with Crippen molar-refractivity contribution in [2.24, 2.45) is 11.3 Å². The lowest BCUT2D eigenvalue weighted by Gasteiger charge is -2.29. The molecule has 0 saturated carbocycles. The van der Waals surface area contributed by atoms with E-state index in [1.807, 2.05) is 18.2 Å². The lowest BCUT2D eigenvalue weighted by molar-refractivity contribution is 0.0696. The Hall–Kier alpha value is -1.85. The van der Waals surface area contributed by atoms with Gasteiger partial charge in [0, 0.05) is 16.3 Å². The van der Waals surface area contributed by atoms with Gasteiger partial charge in [0.2, 0.25) is 0 Å². The standard InChI is InChI=1S/C19H22N2O2S/c1-19(2)8-6-15-13(10-19)16(18(22)23)17(24-15)12-4-3-5-14-11(12)7-9-21(14)20/h3-5H,6-10,20H2,1-2H3,(H,22,23). The number of carbonyl (C=O) groups is 1. The van der Waals surface area contributed by atoms with Crippen LogP contribution in [0.15, 0.2) is 18.2 Å². The number of nitrogens with zero attached hydrogens (tertiary/aromatic N) is 1. The van der Waals surface area contributed by atoms with Crippen LogP contribution in [-0.4, -0.2) is 17.6 Å². The van der Waals surface area contributed by atoms with E-state index < -0.39 is 5.97 Å². The van der Waals surface area contributed by atoms with Gasteiger partial charge in [-0.2, -0.15) is 0 Å². The molecular formula is C19H22N2O2S. The third-order valence-corrected chi connectivity index (χ3v) is 6.62. The summed E-state index contributed by atoms with van der Waals surface area (Å²) in [6.45, 7) is 5.24. The highest BCUT2D eigenvalue weighted by atomic mass is 32.1. The molecule has 0 radical (unpaired) electrons. The number of carboxylic acid groups (broad SMARTS) is 1. The van der Waals surface area contributed by atoms with E-state index >= 15 is 0 Å². The van der Waals surface area contributed by atoms with Gasteiger partial charge < -0.3 is 10.1 Å². The first-order valence-electron chi connectivity index (χ1n) is 8.40. The summed E-state index contributed by atoms with van der Waals surface area (Å²) in [5.41, 5.74) is 5.00. The Balaban J connectivity index is 1.92. The van der Waals surface area contributed by atoms with Crippen molar-refractivity contribution in [3.63, 3.8) is 0 Å². The van der Waals surface area contributed by atoms with Crippen molar-refractivity contribution in [3.8, 4) is 10.4 Å². The van der Waals surface area contributed by atoms with E-state index in [4.69, 9.17) is 5.84 Å². The summed E-state index contributed by atoms with van der Waals surface area (Å²) in [6, 6.07) is 6.05. The average Bonchev–Trinajstić information content (AvgIpc) is 3.07. The molecule has 0 atom stereocenters. The van der Waals surface area contributed by atoms with Crippen LogP contribution in [0.3, 0.4) is 0 Å². The zero-order valence-corrected chi connectivity index (χ0v) is 14.9. The van der Waals surface area contributed by atoms with Crippen LogP contribution in [0.4, 0.5) is 5.69 Å². The normalized spacial score (nSPS) is 18.4. The second kappa shape index (κ2) is 5.33. The number of aromatic carboxylic acids is 1. The molecule has 0 unspecified atom stereocenters. The van der Waals surface area contributed by atoms with Gasteiger partial charge in [-0.25, -0.2) is 10.6 Å². The Kier molecular flexibility index (Phi) is 3.48. The number of thiophene rings is 1. The molecule has 0 amide bonds. The Morgan fingerprint density at radius 2 is 2.08 bits per heavy atom. The summed E-state index contributed by atoms with van der Waals surface area (Å²) in [7, 11) is 0. The second-order valence-electron chi connectivity index (χ2n) is 7.60. The maximum atomic E-state index is 12.1. The quantitative estimate of drug-likeness (QED) is 0.813. The molecule has 0 fully saturated rings. The minimum absolute atomic E-state index is 0.169. The smallest absolute Gasteiger partial charge is 0.337 e. The van der Waals surface area contributed by atoms with Crippen LogP contribution < -0.4 is 10.9 Å². The molecule has 4 rings (SSSR count). The van der Waals surface area contributed by atoms with Gasteiger partial charge in [0.05, 0.1) is 11.3 Å². The average molecular weight is 342 g/mol. The van der Waals surface area contributed by atoms with Crippen molar-refractivity contribution in [2.75, 3.05) is 11.6 Å². The first-order valence-corrected chi connectivity index (χ1v) is 9.21. The minimum Gasteiger partial charge on any atom is -0.478 e. The maximum Gasteiger partial charge on any atom is 0.337 e. The monoisotopic (exact) mass is 342 g/mol. The fourth-order valence-electron chi connectivity index (χ4n) is 4.01. The molecule has 1 aliphatic carbocycles. The number of hydrazine groups is 1. The molecule has 1 aliphatic heterocycles. The number of rotatable bonds is 2. The van der Waals surface area contributed by atoms with Crippen LogP contribution in [0, 0.1) is 5.41 Å². The van der Waals surface area contributed by atoms with E-state index in [1.54, 1.807) is 16.3 Å². The van der Waals surface area contributed by atoms with Gasteiger partial charge in [0.15, 0.2) is 0 Å². The maximum absolute atomic E-state index is 12.1. The van der Waals surface area contributed by atoms with Crippen LogP contribution in [0.5, 0.6) is 0 Å². The molecule has 5 heteroatoms. The molecule has 24 heavy (non-hydrogen) atoms. The van der Waals surface area contributed by atoms with E-state index in [0.29, 0.717) is 5.56 Å². The lowest BCUT2D eigenvalue weighted by atomic mass is 9.76. The summed E-state index contributed by atoms with van der Waals surface area (Å²) < 4.78 is 0. The Morgan fingerprint density at radius 1 is 1.29 bits per heavy atom. The third kappa shape index (κ3) is 2.34. The van der Waals surface area contributed by atoms with Crippen molar-refractivity contribution < 1.29 is 9.90 Å². The highest BCUT2D eigenvalue weighted by Crippen LogP contribution is 2.47. The molecule has 4 nitrogen and oxygen atoms in total. The number of anilines is 1. The van der Waals surface area contributed by atoms with Crippen molar-refractivity contribution in [1.82, 2.24) is 0 Å². The summed E-state index contributed by atoms with van der Waals surface area (Å²) in [6.07, 6.45) is 3.81. The van der Waals surface area contributed by atoms with Crippen LogP contribution in [0.25, 0.3) is 10.4 Å². The number of hydrogen-bond acceptors (Lipinski definition) is 4. The van der Waals surface area contributed by atoms with Gasteiger partial charge in [0.25, 0.3) is 0 Å². The number of fused-ring (bicyclic) bond motifs is 2. The first kappa shape index (κ1) is 15.7. The SMILES string of the molecule is CC1(C)CCc2sc(-c3cccc4c3CCN4N)c(C(=O)O)c2C1. The highest BCUT2D eigenvalue weighted by Gasteiger charge is 2.34. The van der Waals surface area contributed by atoms with Gasteiger partial charge >= 0.3 is 5.97 Å². The fraction of sp³-hybridized carbons (Fsp3) is 0.421. The summed E-state index contributed by atoms with van der Waals surface area (Å²) in [5.74, 6) is 5.24. The summed E-state index contributed by atoms with van der Waals surface area (Å²) in [4.78, 5) is 14.2. The topological polar surface area (TPSA) is 66.6 Å². The zero-order chi connectivity index (χ0) is 17.1. The first-order chi connectivity index (χ1) is 11.4. The molecule has 2 aromatic rings. The van der Waals surface area contributed by atoms with Crippen LogP contribution in [-0.2, 0) is 19.3 Å². The molecule has 2 heterocycles. The van der Waals surface area contributed by atoms with Crippen LogP contribution >= 0.6 is 11.3 Å². The van der Waals surface area contributed by atoms with Crippen molar-refractivity contribution >= 4 is 23.0 Å². The van der Waals surface area contributed by atoms with Gasteiger partial charge in [-0.05, 0) is 53.9 Å². The van der Waals surface area contributed by atoms with E-state index in [0.717, 1.165) is 53.9 Å². The molecule has 0 bridgehead atoms. The number of carboxylic acids is 1. The zero-order valence-electron chi connectivity index (χ0n) is 14.1. The molecule has 0 saturated heterocycles. The summed E-state index contributed by atoms with van der Waals surface area (Å²) in [5, 5.41) is 11.7. The van der Waals surface area contributed by atoms with Crippen molar-refractivity contribution in [2.45, 2.75) is 39.5 Å². The number of nitrogens with two attached hydrogens (primary N) is 1. The molecule has 3 N–H and O–H groups in total. The van der Waals surface area contributed by atoms with Gasteiger partial charge in [-0.3, -0.25) is 0 Å². The van der Waals surface area contributed by atoms with E-state index in [-0.39, 0.29) is 5.41 Å². The highest BCUT2D eigenvalue weighted by molar-refractivity contribution is 7.16. The van der Waals surface area contributed by atoms with Crippen LogP contribution in [0.2, 0.25) is 0 Å². The molecule has 0 spiro atoms. The lowest BCUT2D eigenvalue weighted by Crippen LogP contribution is -2.27. The van der Waals surface area contributed by atoms with E-state index in [2.05, 4.69) is 13.8 Å². The Bertz CT molecular complexity index is 838. The second-order valence-corrected chi connectivity index (χ2v) is 8.71. The van der Waals surface area contributed by atoms with Gasteiger partial charge in [-0.1, -0.05) is 26.0 Å². The van der Waals surface area contributed by atoms with Crippen molar-refractivity contribution in [3.05, 3.63) is 39.8 Å². The van der Waals surface area contributed by atoms with Gasteiger partial charge in [-0.15, -0.1) is 11.3 Å². The largest absolute Gasteiger partial charge is 0.478 e. The van der Waals surface area contributed by atoms with E-state index in [1.165, 1.54) is 10.4 Å². The predicted molar refractivity (Wildman–Crippen MR) is 97.8 cm³/mol. The number of hydrogen-bond donors (Lipinski definition) is 2. The van der Waals surface area contributed by atoms with Crippen LogP contribution in [0.1, 0.15) is 46.6 Å². The van der Waals surface area contributed by atoms with E-state index in [9.17, 15) is 9.90 Å². The predicted octanol–water partition coefficient (Wildman–Crippen LogP) is 3.86. The number of benzene rings is 1. The minimum atomic E-state index is -0.805. The number of aryl methyl sites for hydroxylation is 1.